The van der Waals surface area contributed by atoms with Gasteiger partial charge in [-0.1, -0.05) is 30.3 Å². The van der Waals surface area contributed by atoms with E-state index in [0.717, 1.165) is 16.5 Å². The van der Waals surface area contributed by atoms with Gasteiger partial charge in [-0.2, -0.15) is 0 Å². The van der Waals surface area contributed by atoms with E-state index in [1.54, 1.807) is 6.07 Å². The summed E-state index contributed by atoms with van der Waals surface area (Å²) in [5, 5.41) is 0.765. The Morgan fingerprint density at radius 1 is 1.11 bits per heavy atom. The highest BCUT2D eigenvalue weighted by Gasteiger charge is 2.10. The maximum Gasteiger partial charge on any atom is 0.170 e. The molecule has 0 spiro atoms. The molecule has 1 atom stereocenters. The summed E-state index contributed by atoms with van der Waals surface area (Å²) in [6, 6.07) is 14.5. The van der Waals surface area contributed by atoms with E-state index in [0.29, 0.717) is 11.3 Å². The average Bonchev–Trinajstić information content (AvgIpc) is 2.84. The standard InChI is InChI=1S/C16H14FNO/c1-10(18)11-4-2-5-12(8-11)15-9-13-6-3-7-14(17)16(13)19-15/h2-10H,18H2,1H3. The highest BCUT2D eigenvalue weighted by Crippen LogP contribution is 2.30. The zero-order valence-corrected chi connectivity index (χ0v) is 10.6. The van der Waals surface area contributed by atoms with Gasteiger partial charge in [0.1, 0.15) is 5.76 Å². The van der Waals surface area contributed by atoms with Crippen LogP contribution in [0.1, 0.15) is 18.5 Å². The van der Waals surface area contributed by atoms with Gasteiger partial charge in [-0.25, -0.2) is 4.39 Å². The van der Waals surface area contributed by atoms with Crippen LogP contribution in [0.5, 0.6) is 0 Å². The quantitative estimate of drug-likeness (QED) is 0.743. The molecular weight excluding hydrogens is 241 g/mol. The fourth-order valence-electron chi connectivity index (χ4n) is 2.14. The summed E-state index contributed by atoms with van der Waals surface area (Å²) in [6.07, 6.45) is 0. The van der Waals surface area contributed by atoms with Gasteiger partial charge >= 0.3 is 0 Å². The van der Waals surface area contributed by atoms with Crippen LogP contribution in [-0.2, 0) is 0 Å². The topological polar surface area (TPSA) is 39.2 Å². The van der Waals surface area contributed by atoms with E-state index in [1.165, 1.54) is 6.07 Å². The molecule has 0 aliphatic carbocycles. The molecule has 2 aromatic carbocycles. The number of fused-ring (bicyclic) bond motifs is 1. The van der Waals surface area contributed by atoms with E-state index >= 15 is 0 Å². The highest BCUT2D eigenvalue weighted by atomic mass is 19.1. The lowest BCUT2D eigenvalue weighted by Crippen LogP contribution is -2.04. The maximum atomic E-state index is 13.6. The Morgan fingerprint density at radius 2 is 1.89 bits per heavy atom. The Hall–Kier alpha value is -2.13. The SMILES string of the molecule is CC(N)c1cccc(-c2cc3cccc(F)c3o2)c1. The summed E-state index contributed by atoms with van der Waals surface area (Å²) in [5.74, 6) is 0.315. The van der Waals surface area contributed by atoms with E-state index < -0.39 is 0 Å². The van der Waals surface area contributed by atoms with Gasteiger partial charge in [-0.05, 0) is 30.7 Å². The van der Waals surface area contributed by atoms with Crippen LogP contribution in [0.25, 0.3) is 22.3 Å². The van der Waals surface area contributed by atoms with E-state index in [1.807, 2.05) is 43.3 Å². The van der Waals surface area contributed by atoms with E-state index in [-0.39, 0.29) is 11.9 Å². The van der Waals surface area contributed by atoms with Crippen LogP contribution in [0.3, 0.4) is 0 Å². The van der Waals surface area contributed by atoms with Crippen molar-refractivity contribution in [2.45, 2.75) is 13.0 Å². The number of hydrogen-bond donors (Lipinski definition) is 1. The van der Waals surface area contributed by atoms with Gasteiger partial charge < -0.3 is 10.2 Å². The Labute approximate surface area is 110 Å². The van der Waals surface area contributed by atoms with Crippen LogP contribution < -0.4 is 5.73 Å². The van der Waals surface area contributed by atoms with Gasteiger partial charge in [0.15, 0.2) is 11.4 Å². The largest absolute Gasteiger partial charge is 0.453 e. The molecule has 0 bridgehead atoms. The molecule has 1 aromatic heterocycles. The molecule has 0 saturated carbocycles. The third kappa shape index (κ3) is 2.13. The molecule has 0 radical (unpaired) electrons. The minimum atomic E-state index is -0.341. The van der Waals surface area contributed by atoms with Gasteiger partial charge in [0, 0.05) is 17.0 Å². The summed E-state index contributed by atoms with van der Waals surface area (Å²) in [7, 11) is 0. The summed E-state index contributed by atoms with van der Waals surface area (Å²) in [5.41, 5.74) is 8.10. The zero-order chi connectivity index (χ0) is 13.4. The van der Waals surface area contributed by atoms with Gasteiger partial charge in [-0.15, -0.1) is 0 Å². The number of benzene rings is 2. The van der Waals surface area contributed by atoms with E-state index in [4.69, 9.17) is 10.2 Å². The zero-order valence-electron chi connectivity index (χ0n) is 10.6. The van der Waals surface area contributed by atoms with Crippen LogP contribution in [0.2, 0.25) is 0 Å². The van der Waals surface area contributed by atoms with E-state index in [9.17, 15) is 4.39 Å². The maximum absolute atomic E-state index is 13.6. The molecule has 0 amide bonds. The predicted octanol–water partition coefficient (Wildman–Crippen LogP) is 4.26. The number of rotatable bonds is 2. The van der Waals surface area contributed by atoms with Crippen molar-refractivity contribution in [3.05, 3.63) is 59.9 Å². The molecule has 2 N–H and O–H groups in total. The van der Waals surface area contributed by atoms with Crippen LogP contribution in [0.15, 0.2) is 52.9 Å². The molecule has 19 heavy (non-hydrogen) atoms. The summed E-state index contributed by atoms with van der Waals surface area (Å²) in [6.45, 7) is 1.93. The summed E-state index contributed by atoms with van der Waals surface area (Å²) >= 11 is 0. The minimum absolute atomic E-state index is 0.0407. The number of nitrogens with two attached hydrogens (primary N) is 1. The second kappa shape index (κ2) is 4.52. The van der Waals surface area contributed by atoms with Crippen molar-refractivity contribution in [1.29, 1.82) is 0 Å². The van der Waals surface area contributed by atoms with Gasteiger partial charge in [0.2, 0.25) is 0 Å². The van der Waals surface area contributed by atoms with Crippen molar-refractivity contribution in [1.82, 2.24) is 0 Å². The predicted molar refractivity (Wildman–Crippen MR) is 74.2 cm³/mol. The van der Waals surface area contributed by atoms with Gasteiger partial charge in [0.05, 0.1) is 0 Å². The highest BCUT2D eigenvalue weighted by molar-refractivity contribution is 5.83. The molecule has 0 saturated heterocycles. The Bertz CT molecular complexity index is 730. The first kappa shape index (κ1) is 11.9. The number of furan rings is 1. The molecule has 0 fully saturated rings. The molecule has 1 heterocycles. The van der Waals surface area contributed by atoms with Crippen molar-refractivity contribution in [3.8, 4) is 11.3 Å². The van der Waals surface area contributed by atoms with Crippen molar-refractivity contribution >= 4 is 11.0 Å². The molecule has 2 nitrogen and oxygen atoms in total. The fraction of sp³-hybridized carbons (Fsp3) is 0.125. The fourth-order valence-corrected chi connectivity index (χ4v) is 2.14. The second-order valence-corrected chi connectivity index (χ2v) is 4.68. The molecule has 0 aliphatic rings. The number of halogens is 1. The Kier molecular flexibility index (Phi) is 2.84. The monoisotopic (exact) mass is 255 g/mol. The normalized spacial score (nSPS) is 12.8. The number of hydrogen-bond acceptors (Lipinski definition) is 2. The van der Waals surface area contributed by atoms with Crippen molar-refractivity contribution in [2.24, 2.45) is 5.73 Å². The van der Waals surface area contributed by atoms with Crippen molar-refractivity contribution in [2.75, 3.05) is 0 Å². The summed E-state index contributed by atoms with van der Waals surface area (Å²) < 4.78 is 19.2. The molecule has 1 unspecified atom stereocenters. The number of para-hydroxylation sites is 1. The van der Waals surface area contributed by atoms with Crippen LogP contribution >= 0.6 is 0 Å². The van der Waals surface area contributed by atoms with Crippen LogP contribution in [0.4, 0.5) is 4.39 Å². The van der Waals surface area contributed by atoms with Gasteiger partial charge in [0.25, 0.3) is 0 Å². The van der Waals surface area contributed by atoms with Crippen molar-refractivity contribution in [3.63, 3.8) is 0 Å². The Balaban J connectivity index is 2.14. The minimum Gasteiger partial charge on any atom is -0.453 e. The third-order valence-corrected chi connectivity index (χ3v) is 3.19. The Morgan fingerprint density at radius 3 is 2.63 bits per heavy atom. The van der Waals surface area contributed by atoms with E-state index in [2.05, 4.69) is 0 Å². The first-order valence-corrected chi connectivity index (χ1v) is 6.19. The van der Waals surface area contributed by atoms with Crippen LogP contribution in [-0.4, -0.2) is 0 Å². The molecule has 3 rings (SSSR count). The smallest absolute Gasteiger partial charge is 0.170 e. The molecule has 3 heteroatoms. The molecule has 0 aliphatic heterocycles. The lowest BCUT2D eigenvalue weighted by Gasteiger charge is -2.06. The lowest BCUT2D eigenvalue weighted by molar-refractivity contribution is 0.568. The molecule has 96 valence electrons. The second-order valence-electron chi connectivity index (χ2n) is 4.68. The molecule has 3 aromatic rings. The van der Waals surface area contributed by atoms with Gasteiger partial charge in [-0.3, -0.25) is 0 Å². The third-order valence-electron chi connectivity index (χ3n) is 3.19. The van der Waals surface area contributed by atoms with Crippen molar-refractivity contribution < 1.29 is 8.81 Å². The lowest BCUT2D eigenvalue weighted by atomic mass is 10.0. The average molecular weight is 255 g/mol. The molecular formula is C16H14FNO. The summed E-state index contributed by atoms with van der Waals surface area (Å²) in [4.78, 5) is 0. The van der Waals surface area contributed by atoms with Crippen LogP contribution in [0, 0.1) is 5.82 Å². The first-order chi connectivity index (χ1) is 9.15. The first-order valence-electron chi connectivity index (χ1n) is 6.19.